The van der Waals surface area contributed by atoms with Crippen LogP contribution in [0.5, 0.6) is 0 Å². The van der Waals surface area contributed by atoms with Crippen LogP contribution in [0.25, 0.3) is 0 Å². The van der Waals surface area contributed by atoms with Crippen molar-refractivity contribution < 1.29 is 35.5 Å². The molecule has 39 heavy (non-hydrogen) atoms. The first-order chi connectivity index (χ1) is 18.2. The van der Waals surface area contributed by atoms with Gasteiger partial charge in [-0.25, -0.2) is 9.18 Å². The van der Waals surface area contributed by atoms with Gasteiger partial charge in [-0.3, -0.25) is 0 Å². The zero-order chi connectivity index (χ0) is 28.7. The number of nitrogens with one attached hydrogen (secondary N) is 1. The Balaban J connectivity index is 1.62. The molecule has 0 radical (unpaired) electrons. The van der Waals surface area contributed by atoms with Crippen molar-refractivity contribution in [2.45, 2.75) is 57.5 Å². The van der Waals surface area contributed by atoms with Crippen LogP contribution in [0.1, 0.15) is 66.1 Å². The van der Waals surface area contributed by atoms with Gasteiger partial charge in [0, 0.05) is 20.1 Å². The lowest BCUT2D eigenvalue weighted by Gasteiger charge is -2.35. The molecule has 2 fully saturated rings. The van der Waals surface area contributed by atoms with E-state index >= 15 is 0 Å². The maximum Gasteiger partial charge on any atom is 0.416 e. The molecule has 2 aliphatic rings. The highest BCUT2D eigenvalue weighted by molar-refractivity contribution is 5.76. The van der Waals surface area contributed by atoms with Gasteiger partial charge in [-0.2, -0.15) is 26.3 Å². The molecule has 2 aromatic rings. The third-order valence-corrected chi connectivity index (χ3v) is 7.83. The highest BCUT2D eigenvalue weighted by Gasteiger charge is 2.42. The number of urea groups is 1. The van der Waals surface area contributed by atoms with E-state index in [1.807, 2.05) is 0 Å². The molecule has 1 N–H and O–H groups in total. The number of hydrogen-bond donors (Lipinski definition) is 1. The van der Waals surface area contributed by atoms with E-state index in [1.54, 1.807) is 17.9 Å². The minimum absolute atomic E-state index is 0.00552. The Morgan fingerprint density at radius 3 is 2.15 bits per heavy atom. The van der Waals surface area contributed by atoms with Crippen LogP contribution in [0, 0.1) is 24.6 Å². The molecule has 3 atom stereocenters. The molecule has 2 aromatic carbocycles. The Bertz CT molecular complexity index is 1160. The van der Waals surface area contributed by atoms with Gasteiger partial charge < -0.3 is 15.1 Å². The highest BCUT2D eigenvalue weighted by atomic mass is 19.4. The van der Waals surface area contributed by atoms with Gasteiger partial charge in [-0.1, -0.05) is 6.07 Å². The molecule has 1 saturated heterocycles. The quantitative estimate of drug-likeness (QED) is 0.360. The van der Waals surface area contributed by atoms with E-state index in [0.717, 1.165) is 12.1 Å². The third-order valence-electron chi connectivity index (χ3n) is 7.83. The van der Waals surface area contributed by atoms with E-state index in [1.165, 1.54) is 43.8 Å². The summed E-state index contributed by atoms with van der Waals surface area (Å²) in [6.07, 6.45) is -6.97. The fourth-order valence-corrected chi connectivity index (χ4v) is 5.28. The summed E-state index contributed by atoms with van der Waals surface area (Å²) in [6.45, 7) is 5.00. The minimum atomic E-state index is -4.99. The first-order valence-electron chi connectivity index (χ1n) is 13.0. The Labute approximate surface area is 223 Å². The molecule has 0 spiro atoms. The maximum atomic E-state index is 13.9. The van der Waals surface area contributed by atoms with E-state index in [4.69, 9.17) is 0 Å². The number of hydrogen-bond acceptors (Lipinski definition) is 2. The van der Waals surface area contributed by atoms with Crippen LogP contribution in [0.15, 0.2) is 36.4 Å². The van der Waals surface area contributed by atoms with Crippen molar-refractivity contribution in [3.8, 4) is 0 Å². The zero-order valence-corrected chi connectivity index (χ0v) is 22.0. The summed E-state index contributed by atoms with van der Waals surface area (Å²) in [4.78, 5) is 16.5. The van der Waals surface area contributed by atoms with E-state index in [-0.39, 0.29) is 17.5 Å². The number of amides is 2. The third kappa shape index (κ3) is 6.67. The number of halogens is 7. The smallest absolute Gasteiger partial charge is 0.321 e. The fourth-order valence-electron chi connectivity index (χ4n) is 5.28. The summed E-state index contributed by atoms with van der Waals surface area (Å²) in [5.41, 5.74) is -1.70. The second-order valence-electron chi connectivity index (χ2n) is 10.7. The number of rotatable bonds is 7. The second-order valence-corrected chi connectivity index (χ2v) is 10.7. The first kappa shape index (κ1) is 29.2. The Kier molecular flexibility index (Phi) is 8.21. The van der Waals surface area contributed by atoms with Crippen molar-refractivity contribution >= 4 is 6.03 Å². The average molecular weight is 560 g/mol. The topological polar surface area (TPSA) is 35.6 Å². The van der Waals surface area contributed by atoms with Gasteiger partial charge in [-0.15, -0.1) is 0 Å². The molecule has 0 bridgehead atoms. The summed E-state index contributed by atoms with van der Waals surface area (Å²) in [5.74, 6) is 0.244. The van der Waals surface area contributed by atoms with E-state index in [2.05, 4.69) is 5.32 Å². The molecule has 1 saturated carbocycles. The van der Waals surface area contributed by atoms with Crippen LogP contribution in [0.2, 0.25) is 0 Å². The number of likely N-dealkylation sites (tertiary alicyclic amines) is 1. The predicted octanol–water partition coefficient (Wildman–Crippen LogP) is 7.35. The minimum Gasteiger partial charge on any atom is -0.321 e. The van der Waals surface area contributed by atoms with Gasteiger partial charge in [0.1, 0.15) is 5.82 Å². The maximum absolute atomic E-state index is 13.9. The summed E-state index contributed by atoms with van der Waals surface area (Å²) in [7, 11) is 1.37. The SMILES string of the molecule is Cc1cc(F)ccc1[C@H]1[C@H](CNCC2CC2)CCN1C(=O)N(C)[C@H](C)c1cc(C(F)(F)F)cc(C(F)(F)F)c1. The molecule has 11 heteroatoms. The van der Waals surface area contributed by atoms with Crippen LogP contribution < -0.4 is 5.32 Å². The van der Waals surface area contributed by atoms with Crippen LogP contribution in [-0.4, -0.2) is 42.5 Å². The number of nitrogens with zero attached hydrogens (tertiary/aromatic N) is 2. The Hall–Kier alpha value is -2.82. The Morgan fingerprint density at radius 2 is 1.62 bits per heavy atom. The standard InChI is InChI=1S/C28H32F7N3O/c1-16-10-23(29)6-7-24(16)25-19(15-36-14-18-4-5-18)8-9-38(25)26(39)37(3)17(2)20-11-21(27(30,31)32)13-22(12-20)28(33,34)35/h6-7,10-13,17-19,25,36H,4-5,8-9,14-15H2,1-3H3/t17-,19+,25-/m1/s1. The number of alkyl halides is 6. The molecule has 1 aliphatic heterocycles. The molecule has 0 aromatic heterocycles. The number of benzene rings is 2. The molecule has 0 unspecified atom stereocenters. The normalized spacial score (nSPS) is 20.8. The lowest BCUT2D eigenvalue weighted by atomic mass is 9.90. The van der Waals surface area contributed by atoms with Gasteiger partial charge in [0.15, 0.2) is 0 Å². The summed E-state index contributed by atoms with van der Waals surface area (Å²) in [5, 5.41) is 3.46. The van der Waals surface area contributed by atoms with Gasteiger partial charge in [0.2, 0.25) is 0 Å². The lowest BCUT2D eigenvalue weighted by Crippen LogP contribution is -2.43. The molecule has 1 aliphatic carbocycles. The van der Waals surface area contributed by atoms with Gasteiger partial charge in [0.25, 0.3) is 0 Å². The summed E-state index contributed by atoms with van der Waals surface area (Å²) >= 11 is 0. The van der Waals surface area contributed by atoms with Crippen LogP contribution in [0.3, 0.4) is 0 Å². The molecular weight excluding hydrogens is 527 g/mol. The second kappa shape index (κ2) is 11.0. The van der Waals surface area contributed by atoms with E-state index < -0.39 is 47.4 Å². The molecule has 1 heterocycles. The number of aryl methyl sites for hydroxylation is 1. The van der Waals surface area contributed by atoms with Crippen molar-refractivity contribution in [1.29, 1.82) is 0 Å². The molecule has 4 nitrogen and oxygen atoms in total. The monoisotopic (exact) mass is 559 g/mol. The summed E-state index contributed by atoms with van der Waals surface area (Å²) in [6, 6.07) is 3.71. The highest BCUT2D eigenvalue weighted by Crippen LogP contribution is 2.41. The summed E-state index contributed by atoms with van der Waals surface area (Å²) < 4.78 is 94.4. The predicted molar refractivity (Wildman–Crippen MR) is 132 cm³/mol. The van der Waals surface area contributed by atoms with Gasteiger partial charge in [-0.05, 0) is 98.5 Å². The molecule has 4 rings (SSSR count). The average Bonchev–Trinajstić information content (AvgIpc) is 3.59. The van der Waals surface area contributed by atoms with E-state index in [9.17, 15) is 35.5 Å². The zero-order valence-electron chi connectivity index (χ0n) is 22.0. The van der Waals surface area contributed by atoms with Crippen molar-refractivity contribution in [3.05, 3.63) is 70.0 Å². The van der Waals surface area contributed by atoms with Crippen molar-refractivity contribution in [1.82, 2.24) is 15.1 Å². The van der Waals surface area contributed by atoms with Crippen LogP contribution >= 0.6 is 0 Å². The molecule has 2 amide bonds. The lowest BCUT2D eigenvalue weighted by molar-refractivity contribution is -0.143. The van der Waals surface area contributed by atoms with Gasteiger partial charge in [0.05, 0.1) is 23.2 Å². The van der Waals surface area contributed by atoms with Crippen molar-refractivity contribution in [3.63, 3.8) is 0 Å². The van der Waals surface area contributed by atoms with Crippen molar-refractivity contribution in [2.24, 2.45) is 11.8 Å². The Morgan fingerprint density at radius 1 is 1.00 bits per heavy atom. The van der Waals surface area contributed by atoms with Gasteiger partial charge >= 0.3 is 18.4 Å². The first-order valence-corrected chi connectivity index (χ1v) is 13.0. The fraction of sp³-hybridized carbons (Fsp3) is 0.536. The molecular formula is C28H32F7N3O. The van der Waals surface area contributed by atoms with Crippen LogP contribution in [-0.2, 0) is 12.4 Å². The van der Waals surface area contributed by atoms with E-state index in [0.29, 0.717) is 43.1 Å². The van der Waals surface area contributed by atoms with Crippen molar-refractivity contribution in [2.75, 3.05) is 26.7 Å². The number of carbonyl (C=O) groups is 1. The number of carbonyl (C=O) groups excluding carboxylic acids is 1. The van der Waals surface area contributed by atoms with Crippen LogP contribution in [0.4, 0.5) is 35.5 Å². The largest absolute Gasteiger partial charge is 0.416 e. The molecule has 214 valence electrons.